The zero-order chi connectivity index (χ0) is 16.1. The maximum atomic E-state index is 11.5. The van der Waals surface area contributed by atoms with Gasteiger partial charge in [0.1, 0.15) is 11.5 Å². The lowest BCUT2D eigenvalue weighted by Crippen LogP contribution is -2.01. The highest BCUT2D eigenvalue weighted by Crippen LogP contribution is 2.35. The molecule has 0 aliphatic rings. The van der Waals surface area contributed by atoms with Gasteiger partial charge in [-0.3, -0.25) is 0 Å². The number of carboxylic acid groups (broad SMARTS) is 1. The van der Waals surface area contributed by atoms with E-state index in [-0.39, 0.29) is 5.56 Å². The predicted octanol–water partition coefficient (Wildman–Crippen LogP) is 4.10. The van der Waals surface area contributed by atoms with Crippen LogP contribution in [0.25, 0.3) is 17.2 Å². The van der Waals surface area contributed by atoms with Crippen LogP contribution in [0.4, 0.5) is 0 Å². The second-order valence-electron chi connectivity index (χ2n) is 4.68. The van der Waals surface area contributed by atoms with Crippen molar-refractivity contribution in [1.29, 1.82) is 0 Å². The summed E-state index contributed by atoms with van der Waals surface area (Å²) in [5.74, 6) is 0.225. The van der Waals surface area contributed by atoms with E-state index in [0.29, 0.717) is 22.6 Å². The summed E-state index contributed by atoms with van der Waals surface area (Å²) >= 11 is 0. The zero-order valence-electron chi connectivity index (χ0n) is 12.8. The van der Waals surface area contributed by atoms with Gasteiger partial charge < -0.3 is 14.6 Å². The van der Waals surface area contributed by atoms with Crippen molar-refractivity contribution in [2.45, 2.75) is 6.92 Å². The molecular weight excluding hydrogens is 280 g/mol. The van der Waals surface area contributed by atoms with Crippen LogP contribution < -0.4 is 9.47 Å². The molecule has 0 aliphatic carbocycles. The first-order valence-electron chi connectivity index (χ1n) is 6.83. The number of carbonyl (C=O) groups is 1. The van der Waals surface area contributed by atoms with E-state index in [0.717, 1.165) is 5.56 Å². The van der Waals surface area contributed by atoms with Crippen LogP contribution in [0.3, 0.4) is 0 Å². The third-order valence-corrected chi connectivity index (χ3v) is 3.33. The molecule has 0 heterocycles. The van der Waals surface area contributed by atoms with Gasteiger partial charge in [0.05, 0.1) is 19.8 Å². The quantitative estimate of drug-likeness (QED) is 0.902. The topological polar surface area (TPSA) is 55.8 Å². The highest BCUT2D eigenvalue weighted by atomic mass is 16.5. The number of benzene rings is 2. The van der Waals surface area contributed by atoms with Crippen LogP contribution >= 0.6 is 0 Å². The second kappa shape index (κ2) is 6.80. The third-order valence-electron chi connectivity index (χ3n) is 3.33. The van der Waals surface area contributed by atoms with Crippen molar-refractivity contribution >= 4 is 12.0 Å². The van der Waals surface area contributed by atoms with Crippen molar-refractivity contribution in [3.8, 4) is 22.6 Å². The van der Waals surface area contributed by atoms with Gasteiger partial charge in [-0.2, -0.15) is 0 Å². The molecule has 0 radical (unpaired) electrons. The van der Waals surface area contributed by atoms with Crippen molar-refractivity contribution in [3.63, 3.8) is 0 Å². The van der Waals surface area contributed by atoms with Crippen molar-refractivity contribution in [1.82, 2.24) is 0 Å². The summed E-state index contributed by atoms with van der Waals surface area (Å²) in [5, 5.41) is 9.40. The Morgan fingerprint density at radius 2 is 1.82 bits per heavy atom. The number of ether oxygens (including phenoxy) is 2. The van der Waals surface area contributed by atoms with Crippen molar-refractivity contribution in [2.24, 2.45) is 0 Å². The molecule has 4 nitrogen and oxygen atoms in total. The largest absolute Gasteiger partial charge is 0.497 e. The minimum absolute atomic E-state index is 0.206. The van der Waals surface area contributed by atoms with Crippen molar-refractivity contribution in [3.05, 3.63) is 53.6 Å². The van der Waals surface area contributed by atoms with Gasteiger partial charge in [-0.25, -0.2) is 4.79 Å². The summed E-state index contributed by atoms with van der Waals surface area (Å²) in [4.78, 5) is 11.5. The van der Waals surface area contributed by atoms with Crippen LogP contribution in [0.1, 0.15) is 22.8 Å². The summed E-state index contributed by atoms with van der Waals surface area (Å²) < 4.78 is 10.6. The highest BCUT2D eigenvalue weighted by molar-refractivity contribution is 5.97. The van der Waals surface area contributed by atoms with E-state index in [1.165, 1.54) is 6.07 Å². The lowest BCUT2D eigenvalue weighted by Gasteiger charge is -2.13. The Labute approximate surface area is 129 Å². The fraction of sp³-hybridized carbons (Fsp3) is 0.167. The Bertz CT molecular complexity index is 717. The number of allylic oxidation sites excluding steroid dienone is 1. The molecular formula is C18H18O4. The molecule has 0 aliphatic heterocycles. The average molecular weight is 298 g/mol. The van der Waals surface area contributed by atoms with Crippen LogP contribution in [0.15, 0.2) is 42.5 Å². The second-order valence-corrected chi connectivity index (χ2v) is 4.68. The molecule has 0 aromatic heterocycles. The fourth-order valence-electron chi connectivity index (χ4n) is 2.29. The Morgan fingerprint density at radius 3 is 2.41 bits per heavy atom. The maximum Gasteiger partial charge on any atom is 0.336 e. The molecule has 0 atom stereocenters. The minimum Gasteiger partial charge on any atom is -0.497 e. The van der Waals surface area contributed by atoms with Crippen molar-refractivity contribution < 1.29 is 19.4 Å². The first-order valence-corrected chi connectivity index (χ1v) is 6.83. The molecule has 2 aromatic rings. The van der Waals surface area contributed by atoms with E-state index in [4.69, 9.17) is 9.47 Å². The van der Waals surface area contributed by atoms with Crippen molar-refractivity contribution in [2.75, 3.05) is 14.2 Å². The van der Waals surface area contributed by atoms with Gasteiger partial charge in [0.25, 0.3) is 0 Å². The van der Waals surface area contributed by atoms with E-state index < -0.39 is 5.97 Å². The molecule has 114 valence electrons. The summed E-state index contributed by atoms with van der Waals surface area (Å²) in [5.41, 5.74) is 2.48. The van der Waals surface area contributed by atoms with Gasteiger partial charge in [0.15, 0.2) is 0 Å². The van der Waals surface area contributed by atoms with Crippen LogP contribution in [0.5, 0.6) is 11.5 Å². The summed E-state index contributed by atoms with van der Waals surface area (Å²) in [6.07, 6.45) is 3.89. The van der Waals surface area contributed by atoms with Crippen LogP contribution in [0, 0.1) is 0 Å². The standard InChI is InChI=1S/C18H18O4/c1-4-5-12-6-8-14(17(10-12)22-3)16-11-13(21-2)7-9-15(16)18(19)20/h4-11H,1-3H3,(H,19,20)/b5-4+. The molecule has 2 rings (SSSR count). The lowest BCUT2D eigenvalue weighted by molar-refractivity contribution is 0.0697. The number of hydrogen-bond acceptors (Lipinski definition) is 3. The number of aromatic carboxylic acids is 1. The minimum atomic E-state index is -0.989. The Kier molecular flexibility index (Phi) is 4.84. The van der Waals surface area contributed by atoms with Gasteiger partial charge in [0.2, 0.25) is 0 Å². The molecule has 0 saturated heterocycles. The number of methoxy groups -OCH3 is 2. The molecule has 0 spiro atoms. The normalized spacial score (nSPS) is 10.7. The average Bonchev–Trinajstić information content (AvgIpc) is 2.54. The summed E-state index contributed by atoms with van der Waals surface area (Å²) in [6.45, 7) is 1.94. The van der Waals surface area contributed by atoms with E-state index in [2.05, 4.69) is 0 Å². The van der Waals surface area contributed by atoms with Gasteiger partial charge in [-0.05, 0) is 36.8 Å². The van der Waals surface area contributed by atoms with Gasteiger partial charge in [0, 0.05) is 11.1 Å². The fourth-order valence-corrected chi connectivity index (χ4v) is 2.29. The first kappa shape index (κ1) is 15.6. The molecule has 0 unspecified atom stereocenters. The molecule has 0 bridgehead atoms. The molecule has 0 saturated carbocycles. The summed E-state index contributed by atoms with van der Waals surface area (Å²) in [6, 6.07) is 10.5. The van der Waals surface area contributed by atoms with Crippen LogP contribution in [0.2, 0.25) is 0 Å². The first-order chi connectivity index (χ1) is 10.6. The molecule has 22 heavy (non-hydrogen) atoms. The van der Waals surface area contributed by atoms with E-state index in [1.807, 2.05) is 37.3 Å². The molecule has 0 fully saturated rings. The zero-order valence-corrected chi connectivity index (χ0v) is 12.8. The van der Waals surface area contributed by atoms with Crippen LogP contribution in [-0.2, 0) is 0 Å². The lowest BCUT2D eigenvalue weighted by atomic mass is 9.97. The van der Waals surface area contributed by atoms with E-state index in [9.17, 15) is 9.90 Å². The smallest absolute Gasteiger partial charge is 0.336 e. The predicted molar refractivity (Wildman–Crippen MR) is 86.6 cm³/mol. The molecule has 1 N–H and O–H groups in total. The molecule has 0 amide bonds. The number of carboxylic acids is 1. The van der Waals surface area contributed by atoms with Gasteiger partial charge in [-0.15, -0.1) is 0 Å². The van der Waals surface area contributed by atoms with Gasteiger partial charge in [-0.1, -0.05) is 24.3 Å². The van der Waals surface area contributed by atoms with Gasteiger partial charge >= 0.3 is 5.97 Å². The van der Waals surface area contributed by atoms with E-state index >= 15 is 0 Å². The molecule has 4 heteroatoms. The highest BCUT2D eigenvalue weighted by Gasteiger charge is 2.16. The Hall–Kier alpha value is -2.75. The maximum absolute atomic E-state index is 11.5. The number of rotatable bonds is 5. The molecule has 2 aromatic carbocycles. The SMILES string of the molecule is C/C=C/c1ccc(-c2cc(OC)ccc2C(=O)O)c(OC)c1. The Balaban J connectivity index is 2.66. The third kappa shape index (κ3) is 3.11. The number of hydrogen-bond donors (Lipinski definition) is 1. The Morgan fingerprint density at radius 1 is 1.05 bits per heavy atom. The summed E-state index contributed by atoms with van der Waals surface area (Å²) in [7, 11) is 3.12. The monoisotopic (exact) mass is 298 g/mol. The van der Waals surface area contributed by atoms with E-state index in [1.54, 1.807) is 26.4 Å². The van der Waals surface area contributed by atoms with Crippen LogP contribution in [-0.4, -0.2) is 25.3 Å².